The molecule has 0 spiro atoms. The van der Waals surface area contributed by atoms with E-state index in [0.29, 0.717) is 0 Å². The van der Waals surface area contributed by atoms with Crippen molar-refractivity contribution in [1.29, 1.82) is 0 Å². The van der Waals surface area contributed by atoms with E-state index in [4.69, 9.17) is 11.5 Å². The molecule has 4 N–H and O–H groups in total. The zero-order chi connectivity index (χ0) is 13.5. The van der Waals surface area contributed by atoms with Crippen molar-refractivity contribution in [3.05, 3.63) is 29.8 Å². The Morgan fingerprint density at radius 2 is 1.71 bits per heavy atom. The Morgan fingerprint density at radius 3 is 1.94 bits per heavy atom. The van der Waals surface area contributed by atoms with Gasteiger partial charge in [-0.3, -0.25) is 0 Å². The lowest BCUT2D eigenvalue weighted by molar-refractivity contribution is 0.0600. The predicted molar refractivity (Wildman–Crippen MR) is 70.7 cm³/mol. The van der Waals surface area contributed by atoms with Crippen LogP contribution in [-0.4, -0.2) is 11.7 Å². The lowest BCUT2D eigenvalue weighted by atomic mass is 10.2. The van der Waals surface area contributed by atoms with Gasteiger partial charge in [-0.2, -0.15) is 0 Å². The lowest BCUT2D eigenvalue weighted by Crippen LogP contribution is -2.27. The number of anilines is 1. The van der Waals surface area contributed by atoms with Gasteiger partial charge in [-0.1, -0.05) is 19.1 Å². The number of ether oxygens (including phenoxy) is 1. The Bertz CT molecular complexity index is 339. The maximum atomic E-state index is 10.0. The third-order valence-electron chi connectivity index (χ3n) is 1.79. The third kappa shape index (κ3) is 9.23. The number of nitrogens with two attached hydrogens (primary N) is 2. The second-order valence-corrected chi connectivity index (χ2v) is 4.63. The quantitative estimate of drug-likeness (QED) is 0.738. The number of amides is 1. The van der Waals surface area contributed by atoms with E-state index in [1.165, 1.54) is 5.56 Å². The molecule has 0 saturated heterocycles. The highest BCUT2D eigenvalue weighted by molar-refractivity contribution is 5.65. The van der Waals surface area contributed by atoms with Crippen molar-refractivity contribution < 1.29 is 9.53 Å². The van der Waals surface area contributed by atoms with E-state index in [-0.39, 0.29) is 0 Å². The van der Waals surface area contributed by atoms with Gasteiger partial charge in [0, 0.05) is 5.69 Å². The average molecular weight is 238 g/mol. The van der Waals surface area contributed by atoms with Crippen LogP contribution in [0.3, 0.4) is 0 Å². The van der Waals surface area contributed by atoms with Gasteiger partial charge in [-0.25, -0.2) is 4.79 Å². The molecule has 0 aliphatic carbocycles. The van der Waals surface area contributed by atoms with E-state index in [9.17, 15) is 4.79 Å². The first-order chi connectivity index (χ1) is 7.74. The Morgan fingerprint density at radius 1 is 1.24 bits per heavy atom. The Balaban J connectivity index is 0.000000304. The van der Waals surface area contributed by atoms with Crippen molar-refractivity contribution >= 4 is 11.8 Å². The van der Waals surface area contributed by atoms with Crippen LogP contribution in [0.1, 0.15) is 33.3 Å². The van der Waals surface area contributed by atoms with Gasteiger partial charge >= 0.3 is 6.09 Å². The zero-order valence-electron chi connectivity index (χ0n) is 11.0. The fourth-order valence-electron chi connectivity index (χ4n) is 1.06. The summed E-state index contributed by atoms with van der Waals surface area (Å²) in [6.07, 6.45) is 0.359. The summed E-state index contributed by atoms with van der Waals surface area (Å²) in [5, 5.41) is 0. The summed E-state index contributed by atoms with van der Waals surface area (Å²) in [6.45, 7) is 7.42. The fourth-order valence-corrected chi connectivity index (χ4v) is 1.06. The van der Waals surface area contributed by atoms with E-state index in [2.05, 4.69) is 23.8 Å². The molecule has 96 valence electrons. The summed E-state index contributed by atoms with van der Waals surface area (Å²) >= 11 is 0. The van der Waals surface area contributed by atoms with Crippen LogP contribution in [0.4, 0.5) is 10.5 Å². The normalized spacial score (nSPS) is 10.1. The molecule has 0 aromatic heterocycles. The van der Waals surface area contributed by atoms with Crippen molar-refractivity contribution in [3.8, 4) is 0 Å². The average Bonchev–Trinajstić information content (AvgIpc) is 2.16. The van der Waals surface area contributed by atoms with Gasteiger partial charge in [-0.05, 0) is 44.9 Å². The molecule has 0 aliphatic rings. The number of carbonyl (C=O) groups excluding carboxylic acids is 1. The molecule has 4 nitrogen and oxygen atoms in total. The van der Waals surface area contributed by atoms with E-state index >= 15 is 0 Å². The second kappa shape index (κ2) is 6.78. The standard InChI is InChI=1S/C8H11N.C5H11NO2/c1-2-7-3-5-8(9)6-4-7;1-5(2,3)8-4(6)7/h3-6H,2,9H2,1H3;1-3H3,(H2,6,7). The van der Waals surface area contributed by atoms with Crippen molar-refractivity contribution in [2.75, 3.05) is 5.73 Å². The van der Waals surface area contributed by atoms with Gasteiger partial charge in [-0.15, -0.1) is 0 Å². The summed E-state index contributed by atoms with van der Waals surface area (Å²) in [7, 11) is 0. The van der Waals surface area contributed by atoms with E-state index in [1.54, 1.807) is 20.8 Å². The Labute approximate surface area is 103 Å². The summed E-state index contributed by atoms with van der Waals surface area (Å²) in [5.74, 6) is 0. The molecule has 1 aromatic carbocycles. The molecule has 1 rings (SSSR count). The summed E-state index contributed by atoms with van der Waals surface area (Å²) in [6, 6.07) is 7.96. The lowest BCUT2D eigenvalue weighted by Gasteiger charge is -2.16. The highest BCUT2D eigenvalue weighted by Gasteiger charge is 2.12. The minimum atomic E-state index is -0.725. The molecule has 0 radical (unpaired) electrons. The number of rotatable bonds is 1. The van der Waals surface area contributed by atoms with Gasteiger partial charge in [0.15, 0.2) is 0 Å². The maximum absolute atomic E-state index is 10.0. The van der Waals surface area contributed by atoms with Crippen LogP contribution in [0, 0.1) is 0 Å². The molecule has 0 unspecified atom stereocenters. The van der Waals surface area contributed by atoms with Crippen LogP contribution in [0.5, 0.6) is 0 Å². The second-order valence-electron chi connectivity index (χ2n) is 4.63. The van der Waals surface area contributed by atoms with Gasteiger partial charge in [0.1, 0.15) is 5.60 Å². The number of hydrogen-bond donors (Lipinski definition) is 2. The molecule has 0 atom stereocenters. The van der Waals surface area contributed by atoms with E-state index < -0.39 is 11.7 Å². The highest BCUT2D eigenvalue weighted by Crippen LogP contribution is 2.05. The molecule has 1 aromatic rings. The molecule has 0 heterocycles. The van der Waals surface area contributed by atoms with Gasteiger partial charge in [0.25, 0.3) is 0 Å². The van der Waals surface area contributed by atoms with Crippen molar-refractivity contribution in [1.82, 2.24) is 0 Å². The van der Waals surface area contributed by atoms with Crippen LogP contribution in [-0.2, 0) is 11.2 Å². The van der Waals surface area contributed by atoms with Gasteiger partial charge < -0.3 is 16.2 Å². The molecular weight excluding hydrogens is 216 g/mol. The van der Waals surface area contributed by atoms with E-state index in [0.717, 1.165) is 12.1 Å². The predicted octanol–water partition coefficient (Wildman–Crippen LogP) is 2.71. The highest BCUT2D eigenvalue weighted by atomic mass is 16.6. The smallest absolute Gasteiger partial charge is 0.405 e. The third-order valence-corrected chi connectivity index (χ3v) is 1.79. The molecule has 0 aliphatic heterocycles. The monoisotopic (exact) mass is 238 g/mol. The summed E-state index contributed by atoms with van der Waals surface area (Å²) in [4.78, 5) is 10.0. The SMILES string of the molecule is CC(C)(C)OC(N)=O.CCc1ccc(N)cc1. The molecule has 0 bridgehead atoms. The van der Waals surface area contributed by atoms with E-state index in [1.807, 2.05) is 12.1 Å². The number of benzene rings is 1. The number of hydrogen-bond acceptors (Lipinski definition) is 3. The topological polar surface area (TPSA) is 78.3 Å². The van der Waals surface area contributed by atoms with Crippen molar-refractivity contribution in [3.63, 3.8) is 0 Å². The van der Waals surface area contributed by atoms with Crippen LogP contribution in [0.2, 0.25) is 0 Å². The summed E-state index contributed by atoms with van der Waals surface area (Å²) in [5.41, 5.74) is 11.9. The number of primary amides is 1. The van der Waals surface area contributed by atoms with Crippen LogP contribution in [0.15, 0.2) is 24.3 Å². The van der Waals surface area contributed by atoms with Crippen molar-refractivity contribution in [2.24, 2.45) is 5.73 Å². The molecule has 0 fully saturated rings. The Hall–Kier alpha value is -1.71. The first-order valence-electron chi connectivity index (χ1n) is 5.57. The minimum Gasteiger partial charge on any atom is -0.444 e. The largest absolute Gasteiger partial charge is 0.444 e. The van der Waals surface area contributed by atoms with Crippen LogP contribution in [0.25, 0.3) is 0 Å². The van der Waals surface area contributed by atoms with Crippen LogP contribution >= 0.6 is 0 Å². The first-order valence-corrected chi connectivity index (χ1v) is 5.57. The van der Waals surface area contributed by atoms with Gasteiger partial charge in [0.2, 0.25) is 0 Å². The number of nitrogen functional groups attached to an aromatic ring is 1. The molecule has 0 saturated carbocycles. The number of carbonyl (C=O) groups is 1. The first kappa shape index (κ1) is 15.3. The molecule has 17 heavy (non-hydrogen) atoms. The summed E-state index contributed by atoms with van der Waals surface area (Å²) < 4.78 is 4.58. The molecular formula is C13H22N2O2. The van der Waals surface area contributed by atoms with Crippen LogP contribution < -0.4 is 11.5 Å². The van der Waals surface area contributed by atoms with Gasteiger partial charge in [0.05, 0.1) is 0 Å². The maximum Gasteiger partial charge on any atom is 0.405 e. The molecule has 4 heteroatoms. The zero-order valence-corrected chi connectivity index (χ0v) is 11.0. The minimum absolute atomic E-state index is 0.453. The number of aryl methyl sites for hydroxylation is 1. The van der Waals surface area contributed by atoms with Crippen molar-refractivity contribution in [2.45, 2.75) is 39.7 Å². The molecule has 1 amide bonds. The fraction of sp³-hybridized carbons (Fsp3) is 0.462. The Kier molecular flexibility index (Phi) is 6.10.